The lowest BCUT2D eigenvalue weighted by atomic mass is 10.3. The monoisotopic (exact) mass is 248 g/mol. The predicted octanol–water partition coefficient (Wildman–Crippen LogP) is 1.15. The van der Waals surface area contributed by atoms with E-state index in [1.807, 2.05) is 25.1 Å². The smallest absolute Gasteiger partial charge is 0.181 e. The average Bonchev–Trinajstić information content (AvgIpc) is 2.74. The molecule has 0 saturated heterocycles. The molecule has 2 rings (SSSR count). The van der Waals surface area contributed by atoms with Crippen LogP contribution < -0.4 is 9.64 Å². The maximum atomic E-state index is 11.3. The zero-order valence-corrected chi connectivity index (χ0v) is 10.9. The first-order valence-electron chi connectivity index (χ1n) is 5.68. The van der Waals surface area contributed by atoms with Crippen molar-refractivity contribution in [3.05, 3.63) is 18.5 Å². The summed E-state index contributed by atoms with van der Waals surface area (Å²) >= 11 is 0. The van der Waals surface area contributed by atoms with E-state index in [1.54, 1.807) is 23.8 Å². The molecule has 0 fully saturated rings. The number of anilines is 1. The predicted molar refractivity (Wildman–Crippen MR) is 68.1 cm³/mol. The Bertz CT molecular complexity index is 576. The molecule has 2 aromatic rings. The summed E-state index contributed by atoms with van der Waals surface area (Å²) in [4.78, 5) is 17.5. The van der Waals surface area contributed by atoms with Gasteiger partial charge < -0.3 is 9.64 Å². The second-order valence-corrected chi connectivity index (χ2v) is 4.33. The summed E-state index contributed by atoms with van der Waals surface area (Å²) in [5.74, 6) is 1.19. The number of hydrogen-bond donors (Lipinski definition) is 0. The second kappa shape index (κ2) is 4.64. The molecule has 1 atom stereocenters. The van der Waals surface area contributed by atoms with Crippen LogP contribution in [0.5, 0.6) is 5.75 Å². The molecule has 2 aromatic heterocycles. The van der Waals surface area contributed by atoms with Crippen LogP contribution in [0.1, 0.15) is 13.8 Å². The number of ketones is 1. The van der Waals surface area contributed by atoms with Gasteiger partial charge in [-0.15, -0.1) is 0 Å². The maximum absolute atomic E-state index is 11.3. The molecule has 0 aromatic carbocycles. The molecule has 2 heterocycles. The van der Waals surface area contributed by atoms with E-state index in [0.717, 1.165) is 5.65 Å². The first-order chi connectivity index (χ1) is 8.49. The molecule has 0 spiro atoms. The molecular weight excluding hydrogens is 232 g/mol. The number of Topliss-reactive ketones (excluding diaryl/α,β-unsaturated/α-hetero) is 1. The van der Waals surface area contributed by atoms with E-state index < -0.39 is 6.10 Å². The third kappa shape index (κ3) is 2.27. The van der Waals surface area contributed by atoms with Crippen molar-refractivity contribution in [3.63, 3.8) is 0 Å². The van der Waals surface area contributed by atoms with Crippen LogP contribution in [0.4, 0.5) is 5.82 Å². The Balaban J connectivity index is 2.45. The van der Waals surface area contributed by atoms with Crippen LogP contribution in [0.25, 0.3) is 5.65 Å². The normalized spacial score (nSPS) is 12.4. The summed E-state index contributed by atoms with van der Waals surface area (Å²) in [5, 5.41) is 4.10. The molecule has 0 saturated carbocycles. The van der Waals surface area contributed by atoms with Crippen LogP contribution in [0.15, 0.2) is 18.5 Å². The Morgan fingerprint density at radius 3 is 2.83 bits per heavy atom. The quantitative estimate of drug-likeness (QED) is 0.812. The van der Waals surface area contributed by atoms with Gasteiger partial charge in [-0.1, -0.05) is 0 Å². The average molecular weight is 248 g/mol. The van der Waals surface area contributed by atoms with Gasteiger partial charge in [0, 0.05) is 20.2 Å². The molecule has 0 aliphatic heterocycles. The highest BCUT2D eigenvalue weighted by atomic mass is 16.5. The fourth-order valence-electron chi connectivity index (χ4n) is 1.50. The van der Waals surface area contributed by atoms with E-state index in [-0.39, 0.29) is 5.78 Å². The summed E-state index contributed by atoms with van der Waals surface area (Å²) in [6.07, 6.45) is 2.90. The molecule has 0 aliphatic rings. The van der Waals surface area contributed by atoms with E-state index in [1.165, 1.54) is 6.92 Å². The van der Waals surface area contributed by atoms with Crippen LogP contribution in [0.2, 0.25) is 0 Å². The fourth-order valence-corrected chi connectivity index (χ4v) is 1.50. The number of hydrogen-bond acceptors (Lipinski definition) is 5. The van der Waals surface area contributed by atoms with Crippen molar-refractivity contribution in [3.8, 4) is 5.75 Å². The van der Waals surface area contributed by atoms with Crippen LogP contribution in [-0.2, 0) is 4.79 Å². The van der Waals surface area contributed by atoms with Gasteiger partial charge in [-0.3, -0.25) is 4.79 Å². The topological polar surface area (TPSA) is 59.7 Å². The highest BCUT2D eigenvalue weighted by molar-refractivity contribution is 5.80. The summed E-state index contributed by atoms with van der Waals surface area (Å²) in [6, 6.07) is 1.81. The molecule has 6 nitrogen and oxygen atoms in total. The third-order valence-electron chi connectivity index (χ3n) is 2.63. The lowest BCUT2D eigenvalue weighted by molar-refractivity contribution is -0.122. The minimum absolute atomic E-state index is 0.0275. The molecule has 0 aliphatic carbocycles. The Morgan fingerprint density at radius 2 is 2.22 bits per heavy atom. The number of aromatic nitrogens is 3. The van der Waals surface area contributed by atoms with Crippen molar-refractivity contribution in [1.82, 2.24) is 14.6 Å². The summed E-state index contributed by atoms with van der Waals surface area (Å²) < 4.78 is 7.25. The fraction of sp³-hybridized carbons (Fsp3) is 0.417. The number of ether oxygens (including phenoxy) is 1. The van der Waals surface area contributed by atoms with E-state index in [4.69, 9.17) is 4.74 Å². The lowest BCUT2D eigenvalue weighted by Gasteiger charge is -2.19. The number of carbonyl (C=O) groups is 1. The van der Waals surface area contributed by atoms with Gasteiger partial charge in [-0.05, 0) is 13.8 Å². The Labute approximate surface area is 105 Å². The van der Waals surface area contributed by atoms with E-state index in [0.29, 0.717) is 11.6 Å². The van der Waals surface area contributed by atoms with Crippen LogP contribution in [0.3, 0.4) is 0 Å². The molecule has 0 radical (unpaired) electrons. The van der Waals surface area contributed by atoms with Crippen molar-refractivity contribution >= 4 is 17.2 Å². The highest BCUT2D eigenvalue weighted by Gasteiger charge is 2.16. The largest absolute Gasteiger partial charge is 0.477 e. The molecule has 18 heavy (non-hydrogen) atoms. The van der Waals surface area contributed by atoms with Crippen LogP contribution in [-0.4, -0.2) is 40.6 Å². The Kier molecular flexibility index (Phi) is 3.18. The molecule has 0 amide bonds. The third-order valence-corrected chi connectivity index (χ3v) is 2.63. The van der Waals surface area contributed by atoms with Gasteiger partial charge in [0.2, 0.25) is 0 Å². The minimum atomic E-state index is -0.501. The number of rotatable bonds is 4. The number of carbonyl (C=O) groups excluding carboxylic acids is 1. The first kappa shape index (κ1) is 12.3. The molecule has 6 heteroatoms. The van der Waals surface area contributed by atoms with Gasteiger partial charge in [0.1, 0.15) is 0 Å². The van der Waals surface area contributed by atoms with Gasteiger partial charge in [0.15, 0.2) is 29.1 Å². The summed E-state index contributed by atoms with van der Waals surface area (Å²) in [6.45, 7) is 3.22. The van der Waals surface area contributed by atoms with Crippen molar-refractivity contribution in [1.29, 1.82) is 0 Å². The summed E-state index contributed by atoms with van der Waals surface area (Å²) in [5.41, 5.74) is 0.738. The van der Waals surface area contributed by atoms with E-state index >= 15 is 0 Å². The Morgan fingerprint density at radius 1 is 1.50 bits per heavy atom. The number of fused-ring (bicyclic) bond motifs is 1. The molecule has 1 unspecified atom stereocenters. The SMILES string of the molecule is CC(=O)C(C)Oc1cn2nccc2nc1N(C)C. The number of nitrogens with zero attached hydrogens (tertiary/aromatic N) is 4. The van der Waals surface area contributed by atoms with Crippen LogP contribution in [0, 0.1) is 0 Å². The molecule has 96 valence electrons. The zero-order chi connectivity index (χ0) is 13.3. The van der Waals surface area contributed by atoms with E-state index in [2.05, 4.69) is 10.1 Å². The standard InChI is InChI=1S/C12H16N4O2/c1-8(17)9(2)18-10-7-16-11(5-6-13-16)14-12(10)15(3)4/h5-7,9H,1-4H3. The molecule has 0 bridgehead atoms. The first-order valence-corrected chi connectivity index (χ1v) is 5.68. The second-order valence-electron chi connectivity index (χ2n) is 4.33. The highest BCUT2D eigenvalue weighted by Crippen LogP contribution is 2.25. The summed E-state index contributed by atoms with van der Waals surface area (Å²) in [7, 11) is 3.75. The zero-order valence-electron chi connectivity index (χ0n) is 10.9. The lowest BCUT2D eigenvalue weighted by Crippen LogP contribution is -2.23. The van der Waals surface area contributed by atoms with Gasteiger partial charge in [-0.25, -0.2) is 9.50 Å². The van der Waals surface area contributed by atoms with E-state index in [9.17, 15) is 4.79 Å². The van der Waals surface area contributed by atoms with Crippen molar-refractivity contribution in [2.75, 3.05) is 19.0 Å². The van der Waals surface area contributed by atoms with Crippen molar-refractivity contribution < 1.29 is 9.53 Å². The molecular formula is C12H16N4O2. The van der Waals surface area contributed by atoms with Gasteiger partial charge in [0.05, 0.1) is 12.4 Å². The van der Waals surface area contributed by atoms with Crippen molar-refractivity contribution in [2.45, 2.75) is 20.0 Å². The maximum Gasteiger partial charge on any atom is 0.181 e. The van der Waals surface area contributed by atoms with Gasteiger partial charge >= 0.3 is 0 Å². The van der Waals surface area contributed by atoms with Crippen molar-refractivity contribution in [2.24, 2.45) is 0 Å². The molecule has 0 N–H and O–H groups in total. The Hall–Kier alpha value is -2.11. The van der Waals surface area contributed by atoms with Crippen LogP contribution >= 0.6 is 0 Å². The minimum Gasteiger partial charge on any atom is -0.477 e. The van der Waals surface area contributed by atoms with Gasteiger partial charge in [-0.2, -0.15) is 5.10 Å². The van der Waals surface area contributed by atoms with Gasteiger partial charge in [0.25, 0.3) is 0 Å².